The van der Waals surface area contributed by atoms with Crippen molar-refractivity contribution in [3.63, 3.8) is 0 Å². The fraction of sp³-hybridized carbons (Fsp3) is 0.667. The first-order valence-corrected chi connectivity index (χ1v) is 7.23. The number of hydrogen-bond acceptors (Lipinski definition) is 3. The first-order valence-electron chi connectivity index (χ1n) is 7.23. The molecule has 1 fully saturated rings. The van der Waals surface area contributed by atoms with Crippen LogP contribution in [0.4, 0.5) is 5.82 Å². The molecule has 1 aliphatic heterocycles. The van der Waals surface area contributed by atoms with Gasteiger partial charge in [0.1, 0.15) is 5.82 Å². The zero-order chi connectivity index (χ0) is 12.8. The first-order chi connectivity index (χ1) is 8.86. The number of piperidine rings is 1. The summed E-state index contributed by atoms with van der Waals surface area (Å²) in [6, 6.07) is 4.85. The lowest BCUT2D eigenvalue weighted by Gasteiger charge is -2.36. The zero-order valence-electron chi connectivity index (χ0n) is 11.7. The van der Waals surface area contributed by atoms with Crippen molar-refractivity contribution in [2.75, 3.05) is 25.5 Å². The van der Waals surface area contributed by atoms with Crippen LogP contribution in [-0.4, -0.2) is 30.0 Å². The molecule has 1 N–H and O–H groups in total. The van der Waals surface area contributed by atoms with E-state index in [9.17, 15) is 0 Å². The van der Waals surface area contributed by atoms with Crippen molar-refractivity contribution in [3.8, 4) is 0 Å². The van der Waals surface area contributed by atoms with Crippen molar-refractivity contribution in [1.82, 2.24) is 9.88 Å². The van der Waals surface area contributed by atoms with E-state index in [0.717, 1.165) is 5.82 Å². The molecular weight excluding hydrogens is 222 g/mol. The Labute approximate surface area is 111 Å². The van der Waals surface area contributed by atoms with Crippen LogP contribution >= 0.6 is 0 Å². The van der Waals surface area contributed by atoms with Crippen LogP contribution in [0.1, 0.15) is 50.6 Å². The molecule has 1 aromatic rings. The maximum Gasteiger partial charge on any atom is 0.130 e. The molecule has 1 aliphatic rings. The summed E-state index contributed by atoms with van der Waals surface area (Å²) in [4.78, 5) is 7.09. The molecule has 2 rings (SSSR count). The third kappa shape index (κ3) is 3.02. The van der Waals surface area contributed by atoms with Gasteiger partial charge in [-0.1, -0.05) is 25.8 Å². The van der Waals surface area contributed by atoms with Crippen LogP contribution < -0.4 is 5.32 Å². The Bertz CT molecular complexity index is 365. The summed E-state index contributed by atoms with van der Waals surface area (Å²) < 4.78 is 0. The molecule has 0 radical (unpaired) electrons. The second kappa shape index (κ2) is 6.74. The summed E-state index contributed by atoms with van der Waals surface area (Å²) in [5, 5.41) is 3.23. The smallest absolute Gasteiger partial charge is 0.130 e. The van der Waals surface area contributed by atoms with Gasteiger partial charge < -0.3 is 5.32 Å². The third-order valence-corrected chi connectivity index (χ3v) is 3.85. The Hall–Kier alpha value is -1.09. The summed E-state index contributed by atoms with van der Waals surface area (Å²) in [7, 11) is 1.96. The van der Waals surface area contributed by atoms with Gasteiger partial charge in [0.25, 0.3) is 0 Å². The number of pyridine rings is 1. The number of unbranched alkanes of at least 4 members (excludes halogenated alkanes) is 1. The molecule has 0 bridgehead atoms. The van der Waals surface area contributed by atoms with Gasteiger partial charge in [-0.25, -0.2) is 4.98 Å². The van der Waals surface area contributed by atoms with Crippen molar-refractivity contribution >= 4 is 5.82 Å². The quantitative estimate of drug-likeness (QED) is 0.863. The number of anilines is 1. The summed E-state index contributed by atoms with van der Waals surface area (Å²) in [6.07, 6.45) is 8.39. The number of nitrogens with one attached hydrogen (secondary N) is 1. The molecule has 100 valence electrons. The van der Waals surface area contributed by atoms with Crippen molar-refractivity contribution in [2.24, 2.45) is 0 Å². The molecule has 2 heterocycles. The SMILES string of the molecule is CCCCN1CCCCC1c1cccnc1NC. The van der Waals surface area contributed by atoms with Gasteiger partial charge >= 0.3 is 0 Å². The summed E-state index contributed by atoms with van der Waals surface area (Å²) in [5.74, 6) is 1.05. The van der Waals surface area contributed by atoms with Crippen LogP contribution in [0, 0.1) is 0 Å². The summed E-state index contributed by atoms with van der Waals surface area (Å²) in [5.41, 5.74) is 1.37. The molecule has 0 spiro atoms. The summed E-state index contributed by atoms with van der Waals surface area (Å²) >= 11 is 0. The highest BCUT2D eigenvalue weighted by atomic mass is 15.2. The Balaban J connectivity index is 2.16. The highest BCUT2D eigenvalue weighted by Gasteiger charge is 2.25. The van der Waals surface area contributed by atoms with E-state index in [4.69, 9.17) is 0 Å². The van der Waals surface area contributed by atoms with Crippen LogP contribution in [0.25, 0.3) is 0 Å². The third-order valence-electron chi connectivity index (χ3n) is 3.85. The van der Waals surface area contributed by atoms with E-state index < -0.39 is 0 Å². The van der Waals surface area contributed by atoms with E-state index in [1.165, 1.54) is 50.8 Å². The molecule has 1 atom stereocenters. The maximum absolute atomic E-state index is 4.45. The van der Waals surface area contributed by atoms with Gasteiger partial charge in [0.15, 0.2) is 0 Å². The highest BCUT2D eigenvalue weighted by molar-refractivity contribution is 5.45. The average molecular weight is 247 g/mol. The fourth-order valence-electron chi connectivity index (χ4n) is 2.87. The van der Waals surface area contributed by atoms with E-state index >= 15 is 0 Å². The van der Waals surface area contributed by atoms with Crippen molar-refractivity contribution in [3.05, 3.63) is 23.9 Å². The predicted octanol–water partition coefficient (Wildman–Crippen LogP) is 3.45. The van der Waals surface area contributed by atoms with E-state index in [0.29, 0.717) is 6.04 Å². The Morgan fingerprint density at radius 1 is 1.44 bits per heavy atom. The van der Waals surface area contributed by atoms with Crippen molar-refractivity contribution < 1.29 is 0 Å². The van der Waals surface area contributed by atoms with Crippen LogP contribution in [0.15, 0.2) is 18.3 Å². The second-order valence-corrected chi connectivity index (χ2v) is 5.09. The number of likely N-dealkylation sites (tertiary alicyclic amines) is 1. The van der Waals surface area contributed by atoms with Gasteiger partial charge in [0, 0.05) is 24.8 Å². The number of rotatable bonds is 5. The van der Waals surface area contributed by atoms with Crippen LogP contribution in [-0.2, 0) is 0 Å². The van der Waals surface area contributed by atoms with Crippen molar-refractivity contribution in [1.29, 1.82) is 0 Å². The minimum absolute atomic E-state index is 0.557. The topological polar surface area (TPSA) is 28.2 Å². The minimum atomic E-state index is 0.557. The number of nitrogens with zero attached hydrogens (tertiary/aromatic N) is 2. The van der Waals surface area contributed by atoms with Gasteiger partial charge in [-0.15, -0.1) is 0 Å². The Kier molecular flexibility index (Phi) is 5.00. The summed E-state index contributed by atoms with van der Waals surface area (Å²) in [6.45, 7) is 4.73. The molecule has 1 unspecified atom stereocenters. The number of hydrogen-bond donors (Lipinski definition) is 1. The molecule has 3 nitrogen and oxygen atoms in total. The van der Waals surface area contributed by atoms with Gasteiger partial charge in [-0.3, -0.25) is 4.90 Å². The van der Waals surface area contributed by atoms with Gasteiger partial charge in [-0.05, 0) is 38.4 Å². The van der Waals surface area contributed by atoms with Crippen LogP contribution in [0.2, 0.25) is 0 Å². The standard InChI is InChI=1S/C15H25N3/c1-3-4-11-18-12-6-5-9-14(18)13-8-7-10-17-15(13)16-2/h7-8,10,14H,3-6,9,11-12H2,1-2H3,(H,16,17). The molecule has 0 amide bonds. The lowest BCUT2D eigenvalue weighted by molar-refractivity contribution is 0.147. The molecular formula is C15H25N3. The van der Waals surface area contributed by atoms with E-state index in [1.807, 2.05) is 13.2 Å². The van der Waals surface area contributed by atoms with E-state index in [1.54, 1.807) is 0 Å². The largest absolute Gasteiger partial charge is 0.373 e. The van der Waals surface area contributed by atoms with E-state index in [-0.39, 0.29) is 0 Å². The Morgan fingerprint density at radius 2 is 2.33 bits per heavy atom. The Morgan fingerprint density at radius 3 is 3.11 bits per heavy atom. The maximum atomic E-state index is 4.45. The molecule has 1 saturated heterocycles. The monoisotopic (exact) mass is 247 g/mol. The molecule has 3 heteroatoms. The van der Waals surface area contributed by atoms with Gasteiger partial charge in [0.05, 0.1) is 0 Å². The highest BCUT2D eigenvalue weighted by Crippen LogP contribution is 2.33. The lowest BCUT2D eigenvalue weighted by atomic mass is 9.95. The second-order valence-electron chi connectivity index (χ2n) is 5.09. The minimum Gasteiger partial charge on any atom is -0.373 e. The van der Waals surface area contributed by atoms with Gasteiger partial charge in [-0.2, -0.15) is 0 Å². The fourth-order valence-corrected chi connectivity index (χ4v) is 2.87. The first kappa shape index (κ1) is 13.3. The number of aromatic nitrogens is 1. The zero-order valence-corrected chi connectivity index (χ0v) is 11.7. The molecule has 1 aromatic heterocycles. The normalized spacial score (nSPS) is 20.9. The molecule has 0 aromatic carbocycles. The van der Waals surface area contributed by atoms with Gasteiger partial charge in [0.2, 0.25) is 0 Å². The lowest BCUT2D eigenvalue weighted by Crippen LogP contribution is -2.34. The molecule has 0 aliphatic carbocycles. The van der Waals surface area contributed by atoms with Crippen LogP contribution in [0.5, 0.6) is 0 Å². The van der Waals surface area contributed by atoms with Crippen molar-refractivity contribution in [2.45, 2.75) is 45.1 Å². The molecule has 0 saturated carbocycles. The van der Waals surface area contributed by atoms with Crippen LogP contribution in [0.3, 0.4) is 0 Å². The molecule has 18 heavy (non-hydrogen) atoms. The van der Waals surface area contributed by atoms with E-state index in [2.05, 4.69) is 34.3 Å². The average Bonchev–Trinajstić information content (AvgIpc) is 2.45. The predicted molar refractivity (Wildman–Crippen MR) is 76.9 cm³/mol.